The van der Waals surface area contributed by atoms with Crippen LogP contribution in [0.3, 0.4) is 0 Å². The second-order valence-electron chi connectivity index (χ2n) is 4.68. The maximum atomic E-state index is 11.3. The Hall–Kier alpha value is -0.390. The van der Waals surface area contributed by atoms with Crippen LogP contribution in [-0.4, -0.2) is 26.5 Å². The first kappa shape index (κ1) is 15.7. The van der Waals surface area contributed by atoms with Gasteiger partial charge in [-0.25, -0.2) is 8.42 Å². The Morgan fingerprint density at radius 1 is 1.39 bits per heavy atom. The molecule has 18 heavy (non-hydrogen) atoms. The lowest BCUT2D eigenvalue weighted by Gasteiger charge is -2.22. The highest BCUT2D eigenvalue weighted by Gasteiger charge is 2.16. The van der Waals surface area contributed by atoms with E-state index in [9.17, 15) is 8.42 Å². The smallest absolute Gasteiger partial charge is 0.148 e. The molecular weight excluding hydrogens is 314 g/mol. The molecule has 5 heteroatoms. The van der Waals surface area contributed by atoms with Gasteiger partial charge in [-0.15, -0.1) is 0 Å². The lowest BCUT2D eigenvalue weighted by Crippen LogP contribution is -2.35. The van der Waals surface area contributed by atoms with Crippen molar-refractivity contribution in [2.45, 2.75) is 32.4 Å². The molecule has 0 amide bonds. The van der Waals surface area contributed by atoms with Crippen molar-refractivity contribution in [2.75, 3.05) is 12.0 Å². The molecule has 0 saturated heterocycles. The summed E-state index contributed by atoms with van der Waals surface area (Å²) in [5.74, 6) is 0.164. The maximum Gasteiger partial charge on any atom is 0.148 e. The van der Waals surface area contributed by atoms with E-state index < -0.39 is 9.84 Å². The molecule has 0 heterocycles. The largest absolute Gasteiger partial charge is 0.306 e. The third kappa shape index (κ3) is 5.50. The lowest BCUT2D eigenvalue weighted by molar-refractivity contribution is 0.464. The second kappa shape index (κ2) is 6.68. The fraction of sp³-hybridized carbons (Fsp3) is 0.538. The Balaban J connectivity index is 2.73. The number of hydrogen-bond donors (Lipinski definition) is 1. The van der Waals surface area contributed by atoms with Crippen molar-refractivity contribution in [3.05, 3.63) is 34.3 Å². The summed E-state index contributed by atoms with van der Waals surface area (Å²) in [6.45, 7) is 3.99. The number of hydrogen-bond acceptors (Lipinski definition) is 3. The molecule has 2 atom stereocenters. The third-order valence-electron chi connectivity index (χ3n) is 2.70. The predicted octanol–water partition coefficient (Wildman–Crippen LogP) is 2.92. The van der Waals surface area contributed by atoms with Gasteiger partial charge in [0, 0.05) is 22.8 Å². The SMILES string of the molecule is CCC(NC(C)CS(C)(=O)=O)c1cccc(Br)c1. The molecule has 0 aliphatic heterocycles. The van der Waals surface area contributed by atoms with Crippen molar-refractivity contribution >= 4 is 25.8 Å². The minimum absolute atomic E-state index is 0.0519. The molecule has 0 aliphatic carbocycles. The summed E-state index contributed by atoms with van der Waals surface area (Å²) in [5.41, 5.74) is 1.17. The van der Waals surface area contributed by atoms with E-state index in [4.69, 9.17) is 0 Å². The summed E-state index contributed by atoms with van der Waals surface area (Å²) in [6.07, 6.45) is 2.19. The van der Waals surface area contributed by atoms with Crippen molar-refractivity contribution in [3.8, 4) is 0 Å². The predicted molar refractivity (Wildman–Crippen MR) is 79.5 cm³/mol. The monoisotopic (exact) mass is 333 g/mol. The zero-order valence-electron chi connectivity index (χ0n) is 11.0. The molecule has 1 aromatic carbocycles. The summed E-state index contributed by atoms with van der Waals surface area (Å²) >= 11 is 3.45. The standard InChI is InChI=1S/C13H20BrNO2S/c1-4-13(11-6-5-7-12(14)8-11)15-10(2)9-18(3,16)17/h5-8,10,13,15H,4,9H2,1-3H3. The summed E-state index contributed by atoms with van der Waals surface area (Å²) < 4.78 is 23.5. The molecular formula is C13H20BrNO2S. The molecule has 1 rings (SSSR count). The highest BCUT2D eigenvalue weighted by atomic mass is 79.9. The molecule has 0 radical (unpaired) electrons. The minimum Gasteiger partial charge on any atom is -0.306 e. The van der Waals surface area contributed by atoms with Crippen LogP contribution in [0.2, 0.25) is 0 Å². The van der Waals surface area contributed by atoms with Gasteiger partial charge in [0.25, 0.3) is 0 Å². The highest BCUT2D eigenvalue weighted by Crippen LogP contribution is 2.21. The molecule has 102 valence electrons. The molecule has 3 nitrogen and oxygen atoms in total. The zero-order valence-corrected chi connectivity index (χ0v) is 13.4. The summed E-state index contributed by atoms with van der Waals surface area (Å²) in [6, 6.07) is 8.22. The van der Waals surface area contributed by atoms with Crippen LogP contribution >= 0.6 is 15.9 Å². The molecule has 0 fully saturated rings. The van der Waals surface area contributed by atoms with Crippen LogP contribution in [0.25, 0.3) is 0 Å². The van der Waals surface area contributed by atoms with Gasteiger partial charge in [-0.1, -0.05) is 35.0 Å². The van der Waals surface area contributed by atoms with Crippen molar-refractivity contribution in [2.24, 2.45) is 0 Å². The van der Waals surface area contributed by atoms with Crippen LogP contribution in [0, 0.1) is 0 Å². The Labute approximate surface area is 118 Å². The summed E-state index contributed by atoms with van der Waals surface area (Å²) in [4.78, 5) is 0. The number of halogens is 1. The number of rotatable bonds is 6. The Morgan fingerprint density at radius 2 is 2.06 bits per heavy atom. The Kier molecular flexibility index (Phi) is 5.82. The second-order valence-corrected chi connectivity index (χ2v) is 7.78. The van der Waals surface area contributed by atoms with E-state index in [-0.39, 0.29) is 17.8 Å². The van der Waals surface area contributed by atoms with E-state index in [1.54, 1.807) is 0 Å². The van der Waals surface area contributed by atoms with E-state index in [1.807, 2.05) is 19.1 Å². The van der Waals surface area contributed by atoms with Gasteiger partial charge in [-0.3, -0.25) is 0 Å². The Morgan fingerprint density at radius 3 is 2.56 bits per heavy atom. The van der Waals surface area contributed by atoms with Gasteiger partial charge in [0.2, 0.25) is 0 Å². The molecule has 0 aliphatic rings. The van der Waals surface area contributed by atoms with Crippen molar-refractivity contribution < 1.29 is 8.42 Å². The number of sulfone groups is 1. The van der Waals surface area contributed by atoms with Crippen molar-refractivity contribution in [1.29, 1.82) is 0 Å². The van der Waals surface area contributed by atoms with E-state index in [2.05, 4.69) is 40.3 Å². The molecule has 0 aromatic heterocycles. The van der Waals surface area contributed by atoms with Crippen LogP contribution in [0.4, 0.5) is 0 Å². The minimum atomic E-state index is -2.94. The normalized spacial score (nSPS) is 15.3. The molecule has 1 aromatic rings. The van der Waals surface area contributed by atoms with Gasteiger partial charge in [0.15, 0.2) is 0 Å². The first-order valence-electron chi connectivity index (χ1n) is 6.01. The highest BCUT2D eigenvalue weighted by molar-refractivity contribution is 9.10. The van der Waals surface area contributed by atoms with Crippen LogP contribution in [0.5, 0.6) is 0 Å². The van der Waals surface area contributed by atoms with E-state index in [0.717, 1.165) is 10.9 Å². The summed E-state index contributed by atoms with van der Waals surface area (Å²) in [7, 11) is -2.94. The number of nitrogens with one attached hydrogen (secondary N) is 1. The summed E-state index contributed by atoms with van der Waals surface area (Å²) in [5, 5.41) is 3.37. The van der Waals surface area contributed by atoms with Crippen molar-refractivity contribution in [1.82, 2.24) is 5.32 Å². The maximum absolute atomic E-state index is 11.3. The third-order valence-corrected chi connectivity index (χ3v) is 4.30. The van der Waals surface area contributed by atoms with E-state index >= 15 is 0 Å². The van der Waals surface area contributed by atoms with Crippen LogP contribution in [0.15, 0.2) is 28.7 Å². The van der Waals surface area contributed by atoms with Crippen LogP contribution in [-0.2, 0) is 9.84 Å². The van der Waals surface area contributed by atoms with Gasteiger partial charge in [-0.2, -0.15) is 0 Å². The van der Waals surface area contributed by atoms with Gasteiger partial charge >= 0.3 is 0 Å². The number of benzene rings is 1. The van der Waals surface area contributed by atoms with Gasteiger partial charge in [-0.05, 0) is 31.0 Å². The molecule has 2 unspecified atom stereocenters. The molecule has 0 spiro atoms. The molecule has 0 bridgehead atoms. The molecule has 0 saturated carbocycles. The first-order valence-corrected chi connectivity index (χ1v) is 8.86. The van der Waals surface area contributed by atoms with Gasteiger partial charge < -0.3 is 5.32 Å². The topological polar surface area (TPSA) is 46.2 Å². The molecule has 1 N–H and O–H groups in total. The van der Waals surface area contributed by atoms with E-state index in [0.29, 0.717) is 0 Å². The zero-order chi connectivity index (χ0) is 13.8. The van der Waals surface area contributed by atoms with E-state index in [1.165, 1.54) is 11.8 Å². The quantitative estimate of drug-likeness (QED) is 0.870. The van der Waals surface area contributed by atoms with Gasteiger partial charge in [0.05, 0.1) is 5.75 Å². The average molecular weight is 334 g/mol. The fourth-order valence-electron chi connectivity index (χ4n) is 2.02. The van der Waals surface area contributed by atoms with Gasteiger partial charge in [0.1, 0.15) is 9.84 Å². The fourth-order valence-corrected chi connectivity index (χ4v) is 3.44. The first-order chi connectivity index (χ1) is 8.31. The van der Waals surface area contributed by atoms with Crippen molar-refractivity contribution in [3.63, 3.8) is 0 Å². The van der Waals surface area contributed by atoms with Crippen LogP contribution < -0.4 is 5.32 Å². The average Bonchev–Trinajstić information content (AvgIpc) is 2.23. The Bertz CT molecular complexity index is 488. The van der Waals surface area contributed by atoms with Crippen LogP contribution in [0.1, 0.15) is 31.9 Å². The lowest BCUT2D eigenvalue weighted by atomic mass is 10.0.